The molecule has 1 heterocycles. The maximum atomic E-state index is 12.2. The Labute approximate surface area is 134 Å². The molecule has 21 heavy (non-hydrogen) atoms. The minimum atomic E-state index is -0.0466. The summed E-state index contributed by atoms with van der Waals surface area (Å²) in [5.74, 6) is 0.184. The predicted octanol–water partition coefficient (Wildman–Crippen LogP) is 2.97. The van der Waals surface area contributed by atoms with E-state index in [4.69, 9.17) is 0 Å². The first-order valence-electron chi connectivity index (χ1n) is 7.44. The van der Waals surface area contributed by atoms with Gasteiger partial charge in [0.2, 0.25) is 5.91 Å². The Morgan fingerprint density at radius 2 is 2.05 bits per heavy atom. The summed E-state index contributed by atoms with van der Waals surface area (Å²) in [5.41, 5.74) is 0.661. The van der Waals surface area contributed by atoms with Gasteiger partial charge in [-0.25, -0.2) is 0 Å². The number of piperidine rings is 1. The molecule has 5 heteroatoms. The van der Waals surface area contributed by atoms with E-state index in [2.05, 4.69) is 21.2 Å². The van der Waals surface area contributed by atoms with Gasteiger partial charge in [-0.05, 0) is 37.5 Å². The fourth-order valence-electron chi connectivity index (χ4n) is 2.54. The first-order valence-corrected chi connectivity index (χ1v) is 8.23. The van der Waals surface area contributed by atoms with Crippen molar-refractivity contribution in [1.29, 1.82) is 0 Å². The van der Waals surface area contributed by atoms with Crippen LogP contribution < -0.4 is 5.32 Å². The molecule has 0 bridgehead atoms. The number of carbonyl (C=O) groups is 2. The molecule has 0 aliphatic carbocycles. The highest BCUT2D eigenvalue weighted by Crippen LogP contribution is 2.15. The third-order valence-electron chi connectivity index (χ3n) is 3.73. The third-order valence-corrected chi connectivity index (χ3v) is 4.23. The highest BCUT2D eigenvalue weighted by atomic mass is 79.9. The second-order valence-electron chi connectivity index (χ2n) is 5.39. The van der Waals surface area contributed by atoms with Crippen molar-refractivity contribution in [3.8, 4) is 0 Å². The van der Waals surface area contributed by atoms with Crippen molar-refractivity contribution in [2.75, 3.05) is 13.1 Å². The molecule has 1 aromatic carbocycles. The summed E-state index contributed by atoms with van der Waals surface area (Å²) in [6.45, 7) is 3.49. The highest BCUT2D eigenvalue weighted by molar-refractivity contribution is 9.10. The Balaban J connectivity index is 1.83. The van der Waals surface area contributed by atoms with Crippen LogP contribution >= 0.6 is 15.9 Å². The summed E-state index contributed by atoms with van der Waals surface area (Å²) in [7, 11) is 0. The second-order valence-corrected chi connectivity index (χ2v) is 6.30. The molecule has 114 valence electrons. The van der Waals surface area contributed by atoms with Crippen molar-refractivity contribution in [3.63, 3.8) is 0 Å². The number of rotatable bonds is 4. The number of nitrogens with zero attached hydrogens (tertiary/aromatic N) is 1. The molecule has 1 aromatic rings. The van der Waals surface area contributed by atoms with Crippen LogP contribution in [0, 0.1) is 0 Å². The van der Waals surface area contributed by atoms with E-state index in [-0.39, 0.29) is 17.9 Å². The van der Waals surface area contributed by atoms with Crippen LogP contribution in [0.4, 0.5) is 0 Å². The van der Waals surface area contributed by atoms with Gasteiger partial charge in [-0.2, -0.15) is 0 Å². The quantitative estimate of drug-likeness (QED) is 0.905. The van der Waals surface area contributed by atoms with E-state index in [0.717, 1.165) is 36.8 Å². The van der Waals surface area contributed by atoms with Gasteiger partial charge < -0.3 is 10.2 Å². The lowest BCUT2D eigenvalue weighted by atomic mass is 10.0. The number of carbonyl (C=O) groups excluding carboxylic acids is 2. The van der Waals surface area contributed by atoms with Crippen molar-refractivity contribution in [2.45, 2.75) is 38.6 Å². The zero-order valence-electron chi connectivity index (χ0n) is 12.3. The lowest BCUT2D eigenvalue weighted by Gasteiger charge is -2.32. The second kappa shape index (κ2) is 7.59. The molecule has 1 N–H and O–H groups in total. The molecule has 0 aromatic heterocycles. The number of hydrogen-bond acceptors (Lipinski definition) is 2. The van der Waals surface area contributed by atoms with E-state index in [1.54, 1.807) is 6.07 Å². The summed E-state index contributed by atoms with van der Waals surface area (Å²) in [5, 5.41) is 3.06. The Bertz CT molecular complexity index is 511. The van der Waals surface area contributed by atoms with Gasteiger partial charge in [-0.15, -0.1) is 0 Å². The van der Waals surface area contributed by atoms with Gasteiger partial charge in [-0.1, -0.05) is 28.9 Å². The zero-order valence-corrected chi connectivity index (χ0v) is 13.9. The molecule has 2 amide bonds. The van der Waals surface area contributed by atoms with Gasteiger partial charge >= 0.3 is 0 Å². The van der Waals surface area contributed by atoms with Gasteiger partial charge in [0.25, 0.3) is 5.91 Å². The molecule has 0 saturated carbocycles. The van der Waals surface area contributed by atoms with E-state index in [9.17, 15) is 9.59 Å². The van der Waals surface area contributed by atoms with Gasteiger partial charge in [0, 0.05) is 35.6 Å². The average Bonchev–Trinajstić information content (AvgIpc) is 2.48. The van der Waals surface area contributed by atoms with Crippen molar-refractivity contribution in [3.05, 3.63) is 34.3 Å². The van der Waals surface area contributed by atoms with Crippen LogP contribution in [0.1, 0.15) is 43.0 Å². The number of halogens is 1. The van der Waals surface area contributed by atoms with E-state index < -0.39 is 0 Å². The predicted molar refractivity (Wildman–Crippen MR) is 86.1 cm³/mol. The van der Waals surface area contributed by atoms with Gasteiger partial charge in [-0.3, -0.25) is 9.59 Å². The molecule has 1 fully saturated rings. The molecule has 1 aliphatic rings. The molecule has 1 saturated heterocycles. The first-order chi connectivity index (χ1) is 10.1. The van der Waals surface area contributed by atoms with Crippen LogP contribution in [0.3, 0.4) is 0 Å². The number of amides is 2. The monoisotopic (exact) mass is 352 g/mol. The largest absolute Gasteiger partial charge is 0.349 e. The van der Waals surface area contributed by atoms with E-state index in [1.807, 2.05) is 30.0 Å². The molecule has 2 rings (SSSR count). The number of likely N-dealkylation sites (tertiary alicyclic amines) is 1. The van der Waals surface area contributed by atoms with Crippen LogP contribution in [0.5, 0.6) is 0 Å². The van der Waals surface area contributed by atoms with Crippen molar-refractivity contribution in [1.82, 2.24) is 10.2 Å². The Morgan fingerprint density at radius 3 is 2.67 bits per heavy atom. The summed E-state index contributed by atoms with van der Waals surface area (Å²) in [4.78, 5) is 25.9. The highest BCUT2D eigenvalue weighted by Gasteiger charge is 2.23. The van der Waals surface area contributed by atoms with Crippen molar-refractivity contribution < 1.29 is 9.59 Å². The van der Waals surface area contributed by atoms with E-state index in [1.165, 1.54) is 0 Å². The average molecular weight is 353 g/mol. The molecular formula is C16H21BrN2O2. The SMILES string of the molecule is CCCC(=O)N1CCC(NC(=O)c2cccc(Br)c2)CC1. The summed E-state index contributed by atoms with van der Waals surface area (Å²) < 4.78 is 0.898. The van der Waals surface area contributed by atoms with Gasteiger partial charge in [0.05, 0.1) is 0 Å². The summed E-state index contributed by atoms with van der Waals surface area (Å²) in [6.07, 6.45) is 3.16. The zero-order chi connectivity index (χ0) is 15.2. The molecule has 1 aliphatic heterocycles. The van der Waals surface area contributed by atoms with Crippen LogP contribution in [-0.2, 0) is 4.79 Å². The normalized spacial score (nSPS) is 15.8. The molecule has 0 radical (unpaired) electrons. The molecular weight excluding hydrogens is 332 g/mol. The molecule has 0 unspecified atom stereocenters. The Hall–Kier alpha value is -1.36. The number of benzene rings is 1. The van der Waals surface area contributed by atoms with Crippen LogP contribution in [-0.4, -0.2) is 35.8 Å². The van der Waals surface area contributed by atoms with Crippen LogP contribution in [0.15, 0.2) is 28.7 Å². The van der Waals surface area contributed by atoms with E-state index in [0.29, 0.717) is 12.0 Å². The number of nitrogens with one attached hydrogen (secondary N) is 1. The fraction of sp³-hybridized carbons (Fsp3) is 0.500. The molecule has 4 nitrogen and oxygen atoms in total. The number of hydrogen-bond donors (Lipinski definition) is 1. The van der Waals surface area contributed by atoms with Crippen LogP contribution in [0.2, 0.25) is 0 Å². The van der Waals surface area contributed by atoms with E-state index >= 15 is 0 Å². The fourth-order valence-corrected chi connectivity index (χ4v) is 2.94. The standard InChI is InChI=1S/C16H21BrN2O2/c1-2-4-15(20)19-9-7-14(8-10-19)18-16(21)12-5-3-6-13(17)11-12/h3,5-6,11,14H,2,4,7-10H2,1H3,(H,18,21). The van der Waals surface area contributed by atoms with Gasteiger partial charge in [0.15, 0.2) is 0 Å². The first kappa shape index (κ1) is 16.0. The smallest absolute Gasteiger partial charge is 0.251 e. The maximum Gasteiger partial charge on any atom is 0.251 e. The molecule has 0 atom stereocenters. The topological polar surface area (TPSA) is 49.4 Å². The lowest BCUT2D eigenvalue weighted by molar-refractivity contribution is -0.132. The van der Waals surface area contributed by atoms with Crippen molar-refractivity contribution in [2.24, 2.45) is 0 Å². The lowest BCUT2D eigenvalue weighted by Crippen LogP contribution is -2.46. The maximum absolute atomic E-state index is 12.2. The minimum Gasteiger partial charge on any atom is -0.349 e. The summed E-state index contributed by atoms with van der Waals surface area (Å²) in [6, 6.07) is 7.52. The van der Waals surface area contributed by atoms with Crippen molar-refractivity contribution >= 4 is 27.7 Å². The molecule has 0 spiro atoms. The van der Waals surface area contributed by atoms with Crippen LogP contribution in [0.25, 0.3) is 0 Å². The summed E-state index contributed by atoms with van der Waals surface area (Å²) >= 11 is 3.37. The third kappa shape index (κ3) is 4.56. The Kier molecular flexibility index (Phi) is 5.79. The Morgan fingerprint density at radius 1 is 1.33 bits per heavy atom. The van der Waals surface area contributed by atoms with Gasteiger partial charge in [0.1, 0.15) is 0 Å². The minimum absolute atomic E-state index is 0.0466.